The molecule has 1 N–H and O–H groups in total. The number of nitrogens with zero attached hydrogens (tertiary/aromatic N) is 2. The molecule has 1 fully saturated rings. The van der Waals surface area contributed by atoms with Crippen molar-refractivity contribution in [2.75, 3.05) is 26.7 Å². The summed E-state index contributed by atoms with van der Waals surface area (Å²) in [5.41, 5.74) is 0.572. The number of morpholine rings is 1. The Bertz CT molecular complexity index is 435. The van der Waals surface area contributed by atoms with Crippen molar-refractivity contribution in [3.63, 3.8) is 0 Å². The van der Waals surface area contributed by atoms with E-state index >= 15 is 0 Å². The van der Waals surface area contributed by atoms with Gasteiger partial charge in [-0.3, -0.25) is 14.6 Å². The van der Waals surface area contributed by atoms with E-state index in [4.69, 9.17) is 4.74 Å². The highest BCUT2D eigenvalue weighted by Gasteiger charge is 2.28. The lowest BCUT2D eigenvalue weighted by molar-refractivity contribution is -0.136. The van der Waals surface area contributed by atoms with Crippen molar-refractivity contribution in [3.05, 3.63) is 30.1 Å². The number of pyridine rings is 1. The summed E-state index contributed by atoms with van der Waals surface area (Å²) in [7, 11) is 1.55. The van der Waals surface area contributed by atoms with Gasteiger partial charge in [-0.15, -0.1) is 0 Å². The fraction of sp³-hybridized carbons (Fsp3) is 0.417. The maximum absolute atomic E-state index is 12.2. The molecule has 0 saturated carbocycles. The Morgan fingerprint density at radius 3 is 2.83 bits per heavy atom. The maximum Gasteiger partial charge on any atom is 0.254 e. The smallest absolute Gasteiger partial charge is 0.254 e. The molecule has 1 saturated heterocycles. The molecule has 2 amide bonds. The summed E-state index contributed by atoms with van der Waals surface area (Å²) < 4.78 is 5.33. The van der Waals surface area contributed by atoms with Gasteiger partial charge in [0.1, 0.15) is 0 Å². The standard InChI is InChI=1S/C12H15N3O3/c1-13-11(16)10-8-15(6-7-18-10)12(17)9-2-4-14-5-3-9/h2-5,10H,6-8H2,1H3,(H,13,16)/t10-/m1/s1. The summed E-state index contributed by atoms with van der Waals surface area (Å²) in [6.45, 7) is 1.14. The predicted molar refractivity (Wildman–Crippen MR) is 63.9 cm³/mol. The zero-order valence-electron chi connectivity index (χ0n) is 10.1. The van der Waals surface area contributed by atoms with Gasteiger partial charge in [-0.25, -0.2) is 0 Å². The average molecular weight is 249 g/mol. The van der Waals surface area contributed by atoms with Crippen LogP contribution in [0.5, 0.6) is 0 Å². The molecule has 6 heteroatoms. The molecule has 2 rings (SSSR count). The van der Waals surface area contributed by atoms with Crippen LogP contribution in [-0.2, 0) is 9.53 Å². The number of carbonyl (C=O) groups is 2. The highest BCUT2D eigenvalue weighted by atomic mass is 16.5. The molecule has 2 heterocycles. The minimum atomic E-state index is -0.588. The molecule has 1 aliphatic heterocycles. The largest absolute Gasteiger partial charge is 0.365 e. The number of nitrogens with one attached hydrogen (secondary N) is 1. The Hall–Kier alpha value is -1.95. The molecular weight excluding hydrogens is 234 g/mol. The molecule has 1 aromatic heterocycles. The Kier molecular flexibility index (Phi) is 3.88. The quantitative estimate of drug-likeness (QED) is 0.779. The second kappa shape index (κ2) is 5.59. The van der Waals surface area contributed by atoms with Gasteiger partial charge in [0, 0.05) is 31.5 Å². The van der Waals surface area contributed by atoms with E-state index in [1.54, 1.807) is 36.5 Å². The normalized spacial score (nSPS) is 19.4. The molecule has 96 valence electrons. The first-order valence-electron chi connectivity index (χ1n) is 5.75. The van der Waals surface area contributed by atoms with Crippen molar-refractivity contribution in [1.29, 1.82) is 0 Å². The van der Waals surface area contributed by atoms with E-state index in [0.29, 0.717) is 18.7 Å². The number of hydrogen-bond acceptors (Lipinski definition) is 4. The first kappa shape index (κ1) is 12.5. The first-order valence-corrected chi connectivity index (χ1v) is 5.75. The van der Waals surface area contributed by atoms with Crippen molar-refractivity contribution >= 4 is 11.8 Å². The summed E-state index contributed by atoms with van der Waals surface area (Å²) in [5, 5.41) is 2.52. The minimum Gasteiger partial charge on any atom is -0.365 e. The highest BCUT2D eigenvalue weighted by Crippen LogP contribution is 2.10. The van der Waals surface area contributed by atoms with Crippen molar-refractivity contribution in [2.45, 2.75) is 6.10 Å². The average Bonchev–Trinajstić information content (AvgIpc) is 2.46. The Balaban J connectivity index is 2.05. The van der Waals surface area contributed by atoms with E-state index in [2.05, 4.69) is 10.3 Å². The summed E-state index contributed by atoms with van der Waals surface area (Å²) in [6, 6.07) is 3.32. The number of aromatic nitrogens is 1. The molecule has 6 nitrogen and oxygen atoms in total. The van der Waals surface area contributed by atoms with Crippen LogP contribution < -0.4 is 5.32 Å². The number of carbonyl (C=O) groups excluding carboxylic acids is 2. The van der Waals surface area contributed by atoms with E-state index in [0.717, 1.165) is 0 Å². The van der Waals surface area contributed by atoms with E-state index in [-0.39, 0.29) is 18.4 Å². The van der Waals surface area contributed by atoms with Gasteiger partial charge < -0.3 is 15.0 Å². The Morgan fingerprint density at radius 2 is 2.17 bits per heavy atom. The van der Waals surface area contributed by atoms with Gasteiger partial charge in [-0.05, 0) is 12.1 Å². The summed E-state index contributed by atoms with van der Waals surface area (Å²) in [5.74, 6) is -0.308. The number of ether oxygens (including phenoxy) is 1. The zero-order chi connectivity index (χ0) is 13.0. The molecule has 18 heavy (non-hydrogen) atoms. The van der Waals surface area contributed by atoms with Crippen LogP contribution in [0.1, 0.15) is 10.4 Å². The summed E-state index contributed by atoms with van der Waals surface area (Å²) in [6.07, 6.45) is 2.56. The van der Waals surface area contributed by atoms with E-state index in [9.17, 15) is 9.59 Å². The van der Waals surface area contributed by atoms with Gasteiger partial charge >= 0.3 is 0 Å². The molecule has 1 aromatic rings. The van der Waals surface area contributed by atoms with Crippen LogP contribution in [0.25, 0.3) is 0 Å². The van der Waals surface area contributed by atoms with Crippen molar-refractivity contribution in [3.8, 4) is 0 Å². The molecule has 0 bridgehead atoms. The molecule has 1 atom stereocenters. The lowest BCUT2D eigenvalue weighted by atomic mass is 10.2. The fourth-order valence-corrected chi connectivity index (χ4v) is 1.83. The molecule has 0 aromatic carbocycles. The minimum absolute atomic E-state index is 0.102. The molecule has 1 aliphatic rings. The molecule has 0 aliphatic carbocycles. The predicted octanol–water partition coefficient (Wildman–Crippen LogP) is -0.331. The van der Waals surface area contributed by atoms with Crippen molar-refractivity contribution in [2.24, 2.45) is 0 Å². The first-order chi connectivity index (χ1) is 8.72. The van der Waals surface area contributed by atoms with E-state index < -0.39 is 6.10 Å². The topological polar surface area (TPSA) is 71.5 Å². The van der Waals surface area contributed by atoms with Crippen LogP contribution in [0, 0.1) is 0 Å². The van der Waals surface area contributed by atoms with Crippen LogP contribution in [-0.4, -0.2) is 54.5 Å². The fourth-order valence-electron chi connectivity index (χ4n) is 1.83. The highest BCUT2D eigenvalue weighted by molar-refractivity contribution is 5.94. The molecular formula is C12H15N3O3. The number of hydrogen-bond donors (Lipinski definition) is 1. The van der Waals surface area contributed by atoms with Crippen LogP contribution in [0.3, 0.4) is 0 Å². The van der Waals surface area contributed by atoms with Gasteiger partial charge in [-0.1, -0.05) is 0 Å². The number of rotatable bonds is 2. The monoisotopic (exact) mass is 249 g/mol. The van der Waals surface area contributed by atoms with Gasteiger partial charge in [0.15, 0.2) is 6.10 Å². The lowest BCUT2D eigenvalue weighted by Gasteiger charge is -2.32. The second-order valence-electron chi connectivity index (χ2n) is 3.96. The van der Waals surface area contributed by atoms with Gasteiger partial charge in [0.05, 0.1) is 13.2 Å². The van der Waals surface area contributed by atoms with Crippen LogP contribution in [0.4, 0.5) is 0 Å². The van der Waals surface area contributed by atoms with Gasteiger partial charge in [0.25, 0.3) is 11.8 Å². The maximum atomic E-state index is 12.2. The molecule has 0 unspecified atom stereocenters. The summed E-state index contributed by atoms with van der Waals surface area (Å²) in [4.78, 5) is 29.1. The van der Waals surface area contributed by atoms with Crippen LogP contribution in [0.15, 0.2) is 24.5 Å². The van der Waals surface area contributed by atoms with Crippen LogP contribution >= 0.6 is 0 Å². The third-order valence-electron chi connectivity index (χ3n) is 2.82. The molecule has 0 radical (unpaired) electrons. The van der Waals surface area contributed by atoms with Crippen molar-refractivity contribution < 1.29 is 14.3 Å². The Morgan fingerprint density at radius 1 is 1.44 bits per heavy atom. The number of amides is 2. The van der Waals surface area contributed by atoms with Gasteiger partial charge in [-0.2, -0.15) is 0 Å². The summed E-state index contributed by atoms with van der Waals surface area (Å²) >= 11 is 0. The SMILES string of the molecule is CNC(=O)[C@H]1CN(C(=O)c2ccncc2)CCO1. The van der Waals surface area contributed by atoms with E-state index in [1.807, 2.05) is 0 Å². The van der Waals surface area contributed by atoms with E-state index in [1.165, 1.54) is 0 Å². The van der Waals surface area contributed by atoms with Gasteiger partial charge in [0.2, 0.25) is 0 Å². The lowest BCUT2D eigenvalue weighted by Crippen LogP contribution is -2.51. The molecule has 0 spiro atoms. The number of likely N-dealkylation sites (N-methyl/N-ethyl adjacent to an activating group) is 1. The third-order valence-corrected chi connectivity index (χ3v) is 2.82. The van der Waals surface area contributed by atoms with Crippen molar-refractivity contribution in [1.82, 2.24) is 15.2 Å². The third kappa shape index (κ3) is 2.65. The zero-order valence-corrected chi connectivity index (χ0v) is 10.1. The Labute approximate surface area is 105 Å². The second-order valence-corrected chi connectivity index (χ2v) is 3.96. The van der Waals surface area contributed by atoms with Crippen LogP contribution in [0.2, 0.25) is 0 Å².